The molecule has 1 aromatic carbocycles. The third kappa shape index (κ3) is 3.82. The van der Waals surface area contributed by atoms with Crippen molar-refractivity contribution in [3.05, 3.63) is 40.3 Å². The van der Waals surface area contributed by atoms with Crippen LogP contribution in [0.5, 0.6) is 5.75 Å². The van der Waals surface area contributed by atoms with Crippen molar-refractivity contribution in [3.8, 4) is 5.75 Å². The van der Waals surface area contributed by atoms with E-state index in [9.17, 15) is 26.4 Å². The molecule has 0 radical (unpaired) electrons. The molecule has 0 spiro atoms. The fraction of sp³-hybridized carbons (Fsp3) is 0.214. The fourth-order valence-electron chi connectivity index (χ4n) is 1.93. The summed E-state index contributed by atoms with van der Waals surface area (Å²) in [6.07, 6.45) is 0. The number of carbonyl (C=O) groups excluding carboxylic acids is 1. The number of hydrogen-bond acceptors (Lipinski definition) is 5. The predicted molar refractivity (Wildman–Crippen MR) is 85.3 cm³/mol. The van der Waals surface area contributed by atoms with Gasteiger partial charge < -0.3 is 14.5 Å². The molecule has 25 heavy (non-hydrogen) atoms. The van der Waals surface area contributed by atoms with Gasteiger partial charge in [-0.25, -0.2) is 8.42 Å². The van der Waals surface area contributed by atoms with E-state index in [2.05, 4.69) is 21.2 Å². The Morgan fingerprint density at radius 3 is 2.40 bits per heavy atom. The molecule has 0 atom stereocenters. The number of carbonyl (C=O) groups is 1. The fourth-order valence-corrected chi connectivity index (χ4v) is 3.23. The smallest absolute Gasteiger partial charge is 0.495 e. The first-order valence-electron chi connectivity index (χ1n) is 6.54. The first kappa shape index (κ1) is 19.3. The number of aryl methyl sites for hydroxylation is 1. The molecule has 0 unspecified atom stereocenters. The summed E-state index contributed by atoms with van der Waals surface area (Å²) in [5, 5.41) is 2.29. The highest BCUT2D eigenvalue weighted by molar-refractivity contribution is 9.10. The van der Waals surface area contributed by atoms with E-state index < -0.39 is 26.1 Å². The Morgan fingerprint density at radius 2 is 1.92 bits per heavy atom. The van der Waals surface area contributed by atoms with Gasteiger partial charge in [-0.2, -0.15) is 13.2 Å². The maximum atomic E-state index is 12.7. The zero-order valence-corrected chi connectivity index (χ0v) is 15.2. The molecule has 0 fully saturated rings. The quantitative estimate of drug-likeness (QED) is 0.777. The monoisotopic (exact) mass is 441 g/mol. The summed E-state index contributed by atoms with van der Waals surface area (Å²) in [4.78, 5) is 11.2. The van der Waals surface area contributed by atoms with Gasteiger partial charge in [-0.3, -0.25) is 4.79 Å². The first-order chi connectivity index (χ1) is 11.5. The summed E-state index contributed by atoms with van der Waals surface area (Å²) in [7, 11) is -4.35. The van der Waals surface area contributed by atoms with Crippen molar-refractivity contribution in [3.63, 3.8) is 0 Å². The lowest BCUT2D eigenvalue weighted by atomic mass is 10.2. The van der Waals surface area contributed by atoms with E-state index in [1.165, 1.54) is 13.2 Å². The van der Waals surface area contributed by atoms with Gasteiger partial charge >= 0.3 is 5.51 Å². The number of halogens is 4. The van der Waals surface area contributed by atoms with Crippen LogP contribution in [0.1, 0.15) is 16.1 Å². The van der Waals surface area contributed by atoms with Crippen molar-refractivity contribution in [1.29, 1.82) is 0 Å². The molecule has 0 saturated carbocycles. The molecule has 1 heterocycles. The summed E-state index contributed by atoms with van der Waals surface area (Å²) >= 11 is 3.05. The SMILES string of the molecule is COc1ccc(S(=O)(=O)C(F)(F)F)cc1NC(=O)c1oc(Br)cc1C. The largest absolute Gasteiger partial charge is 0.501 e. The normalized spacial score (nSPS) is 12.1. The molecule has 0 aliphatic heterocycles. The minimum Gasteiger partial charge on any atom is -0.495 e. The second kappa shape index (κ2) is 6.71. The maximum absolute atomic E-state index is 12.7. The standard InChI is InChI=1S/C14H11BrF3NO5S/c1-7-5-11(15)24-12(7)13(20)19-9-6-8(3-4-10(9)23-2)25(21,22)14(16,17)18/h3-6H,1-2H3,(H,19,20). The van der Waals surface area contributed by atoms with Gasteiger partial charge in [-0.1, -0.05) is 0 Å². The van der Waals surface area contributed by atoms with Gasteiger partial charge in [0.15, 0.2) is 10.4 Å². The van der Waals surface area contributed by atoms with Crippen LogP contribution in [0.3, 0.4) is 0 Å². The second-order valence-corrected chi connectivity index (χ2v) is 7.55. The molecule has 1 amide bonds. The number of ether oxygens (including phenoxy) is 1. The number of sulfone groups is 1. The molecule has 11 heteroatoms. The Balaban J connectivity index is 2.45. The highest BCUT2D eigenvalue weighted by Gasteiger charge is 2.47. The number of methoxy groups -OCH3 is 1. The highest BCUT2D eigenvalue weighted by atomic mass is 79.9. The van der Waals surface area contributed by atoms with Crippen LogP contribution in [0.4, 0.5) is 18.9 Å². The summed E-state index contributed by atoms with van der Waals surface area (Å²) in [6, 6.07) is 3.95. The van der Waals surface area contributed by atoms with Gasteiger partial charge in [-0.05, 0) is 47.1 Å². The van der Waals surface area contributed by atoms with Crippen LogP contribution in [-0.2, 0) is 9.84 Å². The van der Waals surface area contributed by atoms with Crippen LogP contribution in [-0.4, -0.2) is 26.9 Å². The average molecular weight is 442 g/mol. The average Bonchev–Trinajstić information content (AvgIpc) is 2.84. The number of anilines is 1. The van der Waals surface area contributed by atoms with Gasteiger partial charge in [0.2, 0.25) is 0 Å². The van der Waals surface area contributed by atoms with Gasteiger partial charge in [-0.15, -0.1) is 0 Å². The molecule has 0 aliphatic rings. The summed E-state index contributed by atoms with van der Waals surface area (Å²) < 4.78 is 71.5. The number of rotatable bonds is 4. The van der Waals surface area contributed by atoms with E-state index in [1.54, 1.807) is 6.92 Å². The zero-order chi connectivity index (χ0) is 19.0. The molecule has 2 rings (SSSR count). The molecule has 1 N–H and O–H groups in total. The molecule has 2 aromatic rings. The Labute approximate surface area is 149 Å². The van der Waals surface area contributed by atoms with Crippen LogP contribution >= 0.6 is 15.9 Å². The van der Waals surface area contributed by atoms with Crippen LogP contribution < -0.4 is 10.1 Å². The molecule has 6 nitrogen and oxygen atoms in total. The van der Waals surface area contributed by atoms with Gasteiger partial charge in [0, 0.05) is 5.56 Å². The third-order valence-corrected chi connectivity index (χ3v) is 5.00. The minimum absolute atomic E-state index is 0.0160. The number of amides is 1. The molecular weight excluding hydrogens is 431 g/mol. The highest BCUT2D eigenvalue weighted by Crippen LogP contribution is 2.35. The number of hydrogen-bond donors (Lipinski definition) is 1. The number of alkyl halides is 3. The molecule has 0 bridgehead atoms. The lowest BCUT2D eigenvalue weighted by Gasteiger charge is -2.13. The van der Waals surface area contributed by atoms with E-state index in [4.69, 9.17) is 9.15 Å². The van der Waals surface area contributed by atoms with Gasteiger partial charge in [0.05, 0.1) is 17.7 Å². The number of furan rings is 1. The van der Waals surface area contributed by atoms with E-state index in [0.29, 0.717) is 11.6 Å². The molecule has 136 valence electrons. The van der Waals surface area contributed by atoms with Crippen molar-refractivity contribution in [2.45, 2.75) is 17.3 Å². The third-order valence-electron chi connectivity index (χ3n) is 3.13. The molecule has 1 aromatic heterocycles. The predicted octanol–water partition coefficient (Wildman–Crippen LogP) is 3.90. The van der Waals surface area contributed by atoms with E-state index in [0.717, 1.165) is 12.1 Å². The van der Waals surface area contributed by atoms with Crippen molar-refractivity contribution in [2.75, 3.05) is 12.4 Å². The zero-order valence-electron chi connectivity index (χ0n) is 12.8. The van der Waals surface area contributed by atoms with Crippen molar-refractivity contribution in [1.82, 2.24) is 0 Å². The number of nitrogens with one attached hydrogen (secondary N) is 1. The van der Waals surface area contributed by atoms with Crippen molar-refractivity contribution >= 4 is 37.4 Å². The van der Waals surface area contributed by atoms with Crippen molar-refractivity contribution < 1.29 is 35.5 Å². The Bertz CT molecular complexity index is 921. The topological polar surface area (TPSA) is 85.6 Å². The lowest BCUT2D eigenvalue weighted by molar-refractivity contribution is -0.0436. The Morgan fingerprint density at radius 1 is 1.28 bits per heavy atom. The summed E-state index contributed by atoms with van der Waals surface area (Å²) in [5.41, 5.74) is -5.24. The maximum Gasteiger partial charge on any atom is 0.501 e. The van der Waals surface area contributed by atoms with Crippen LogP contribution in [0, 0.1) is 6.92 Å². The molecular formula is C14H11BrF3NO5S. The van der Waals surface area contributed by atoms with Gasteiger partial charge in [0.1, 0.15) is 5.75 Å². The Kier molecular flexibility index (Phi) is 5.19. The summed E-state index contributed by atoms with van der Waals surface area (Å²) in [6.45, 7) is 1.59. The second-order valence-electron chi connectivity index (χ2n) is 4.83. The van der Waals surface area contributed by atoms with E-state index in [1.807, 2.05) is 0 Å². The van der Waals surface area contributed by atoms with Crippen molar-refractivity contribution in [2.24, 2.45) is 0 Å². The summed E-state index contributed by atoms with van der Waals surface area (Å²) in [5.74, 6) is -0.876. The van der Waals surface area contributed by atoms with E-state index >= 15 is 0 Å². The lowest BCUT2D eigenvalue weighted by Crippen LogP contribution is -2.23. The van der Waals surface area contributed by atoms with Crippen LogP contribution in [0.25, 0.3) is 0 Å². The van der Waals surface area contributed by atoms with Crippen LogP contribution in [0.15, 0.2) is 38.2 Å². The number of benzene rings is 1. The Hall–Kier alpha value is -2.01. The van der Waals surface area contributed by atoms with Crippen LogP contribution in [0.2, 0.25) is 0 Å². The molecule has 0 aliphatic carbocycles. The van der Waals surface area contributed by atoms with E-state index in [-0.39, 0.29) is 21.9 Å². The minimum atomic E-state index is -5.57. The molecule has 0 saturated heterocycles. The first-order valence-corrected chi connectivity index (χ1v) is 8.81. The van der Waals surface area contributed by atoms with Gasteiger partial charge in [0.25, 0.3) is 15.7 Å².